The van der Waals surface area contributed by atoms with Crippen LogP contribution in [-0.2, 0) is 6.54 Å². The fourth-order valence-corrected chi connectivity index (χ4v) is 2.74. The Balaban J connectivity index is 1.62. The van der Waals surface area contributed by atoms with Gasteiger partial charge in [0.05, 0.1) is 5.69 Å². The molecule has 1 aliphatic rings. The zero-order chi connectivity index (χ0) is 14.7. The standard InChI is InChI=1S/C18H23N3/c1-21(2)18(9-10-18)14-19-13-15-6-5-7-16(12-15)17-8-3-4-11-20-17/h3-8,11-12,19H,9-10,13-14H2,1-2H3. The van der Waals surface area contributed by atoms with E-state index in [2.05, 4.69) is 59.6 Å². The highest BCUT2D eigenvalue weighted by molar-refractivity contribution is 5.59. The van der Waals surface area contributed by atoms with Gasteiger partial charge in [-0.25, -0.2) is 0 Å². The first-order valence-electron chi connectivity index (χ1n) is 7.58. The van der Waals surface area contributed by atoms with Crippen LogP contribution in [0.15, 0.2) is 48.7 Å². The molecule has 110 valence electrons. The second kappa shape index (κ2) is 5.96. The van der Waals surface area contributed by atoms with Crippen molar-refractivity contribution < 1.29 is 0 Å². The van der Waals surface area contributed by atoms with Crippen molar-refractivity contribution in [3.63, 3.8) is 0 Å². The van der Waals surface area contributed by atoms with E-state index in [1.807, 2.05) is 18.3 Å². The van der Waals surface area contributed by atoms with Crippen molar-refractivity contribution in [2.24, 2.45) is 0 Å². The molecule has 0 radical (unpaired) electrons. The van der Waals surface area contributed by atoms with Crippen molar-refractivity contribution in [1.82, 2.24) is 15.2 Å². The molecule has 1 saturated carbocycles. The van der Waals surface area contributed by atoms with Crippen LogP contribution in [0.2, 0.25) is 0 Å². The van der Waals surface area contributed by atoms with Gasteiger partial charge >= 0.3 is 0 Å². The highest BCUT2D eigenvalue weighted by atomic mass is 15.2. The van der Waals surface area contributed by atoms with Crippen LogP contribution < -0.4 is 5.32 Å². The van der Waals surface area contributed by atoms with Crippen LogP contribution in [0.4, 0.5) is 0 Å². The number of rotatable bonds is 6. The van der Waals surface area contributed by atoms with E-state index in [9.17, 15) is 0 Å². The molecule has 1 heterocycles. The van der Waals surface area contributed by atoms with Crippen LogP contribution in [0.25, 0.3) is 11.3 Å². The lowest BCUT2D eigenvalue weighted by molar-refractivity contribution is 0.261. The molecule has 0 unspecified atom stereocenters. The molecule has 1 N–H and O–H groups in total. The molecule has 0 amide bonds. The predicted octanol–water partition coefficient (Wildman–Crippen LogP) is 2.93. The third-order valence-electron chi connectivity index (χ3n) is 4.45. The Bertz CT molecular complexity index is 588. The van der Waals surface area contributed by atoms with E-state index < -0.39 is 0 Å². The van der Waals surface area contributed by atoms with E-state index in [4.69, 9.17) is 0 Å². The SMILES string of the molecule is CN(C)C1(CNCc2cccc(-c3ccccn3)c2)CC1. The zero-order valence-corrected chi connectivity index (χ0v) is 12.8. The molecule has 1 aromatic carbocycles. The monoisotopic (exact) mass is 281 g/mol. The molecule has 2 aromatic rings. The molecule has 1 aromatic heterocycles. The fraction of sp³-hybridized carbons (Fsp3) is 0.389. The lowest BCUT2D eigenvalue weighted by atomic mass is 10.1. The Kier molecular flexibility index (Phi) is 4.04. The molecule has 0 atom stereocenters. The summed E-state index contributed by atoms with van der Waals surface area (Å²) < 4.78 is 0. The van der Waals surface area contributed by atoms with Gasteiger partial charge in [-0.05, 0) is 50.7 Å². The summed E-state index contributed by atoms with van der Waals surface area (Å²) in [7, 11) is 4.35. The van der Waals surface area contributed by atoms with Gasteiger partial charge in [-0.15, -0.1) is 0 Å². The number of pyridine rings is 1. The van der Waals surface area contributed by atoms with Crippen LogP contribution in [0, 0.1) is 0 Å². The van der Waals surface area contributed by atoms with Gasteiger partial charge in [-0.1, -0.05) is 24.3 Å². The Morgan fingerprint density at radius 2 is 2.00 bits per heavy atom. The minimum atomic E-state index is 0.401. The van der Waals surface area contributed by atoms with Gasteiger partial charge < -0.3 is 10.2 Å². The molecule has 1 fully saturated rings. The number of likely N-dealkylation sites (N-methyl/N-ethyl adjacent to an activating group) is 1. The first-order valence-corrected chi connectivity index (χ1v) is 7.58. The van der Waals surface area contributed by atoms with Crippen LogP contribution in [0.5, 0.6) is 0 Å². The highest BCUT2D eigenvalue weighted by Gasteiger charge is 2.44. The summed E-state index contributed by atoms with van der Waals surface area (Å²) in [6.07, 6.45) is 4.45. The number of benzene rings is 1. The largest absolute Gasteiger partial charge is 0.311 e. The quantitative estimate of drug-likeness (QED) is 0.882. The molecule has 0 spiro atoms. The molecule has 3 heteroatoms. The first kappa shape index (κ1) is 14.2. The van der Waals surface area contributed by atoms with Gasteiger partial charge in [-0.3, -0.25) is 4.98 Å². The minimum Gasteiger partial charge on any atom is -0.311 e. The average Bonchev–Trinajstić information content (AvgIpc) is 3.30. The third kappa shape index (κ3) is 3.31. The van der Waals surface area contributed by atoms with Crippen LogP contribution in [-0.4, -0.2) is 36.1 Å². The molecule has 0 bridgehead atoms. The van der Waals surface area contributed by atoms with E-state index in [1.54, 1.807) is 0 Å². The highest BCUT2D eigenvalue weighted by Crippen LogP contribution is 2.39. The van der Waals surface area contributed by atoms with Crippen molar-refractivity contribution in [2.45, 2.75) is 24.9 Å². The van der Waals surface area contributed by atoms with E-state index in [0.717, 1.165) is 18.8 Å². The summed E-state index contributed by atoms with van der Waals surface area (Å²) in [5.74, 6) is 0. The van der Waals surface area contributed by atoms with Crippen molar-refractivity contribution in [2.75, 3.05) is 20.6 Å². The molecule has 3 rings (SSSR count). The Morgan fingerprint density at radius 1 is 1.14 bits per heavy atom. The Labute approximate surface area is 127 Å². The summed E-state index contributed by atoms with van der Waals surface area (Å²) in [4.78, 5) is 6.77. The first-order chi connectivity index (χ1) is 10.2. The zero-order valence-electron chi connectivity index (χ0n) is 12.8. The normalized spacial score (nSPS) is 16.1. The van der Waals surface area contributed by atoms with Crippen LogP contribution in [0.3, 0.4) is 0 Å². The van der Waals surface area contributed by atoms with E-state index in [1.165, 1.54) is 24.0 Å². The second-order valence-corrected chi connectivity index (χ2v) is 6.14. The molecule has 0 saturated heterocycles. The lowest BCUT2D eigenvalue weighted by Crippen LogP contribution is -2.39. The van der Waals surface area contributed by atoms with Gasteiger partial charge in [0.25, 0.3) is 0 Å². The van der Waals surface area contributed by atoms with Gasteiger partial charge in [0.2, 0.25) is 0 Å². The van der Waals surface area contributed by atoms with Crippen molar-refractivity contribution >= 4 is 0 Å². The van der Waals surface area contributed by atoms with E-state index >= 15 is 0 Å². The maximum Gasteiger partial charge on any atom is 0.0702 e. The summed E-state index contributed by atoms with van der Waals surface area (Å²) >= 11 is 0. The average molecular weight is 281 g/mol. The summed E-state index contributed by atoms with van der Waals surface area (Å²) in [5, 5.41) is 3.60. The Morgan fingerprint density at radius 3 is 2.67 bits per heavy atom. The molecule has 1 aliphatic carbocycles. The Hall–Kier alpha value is -1.71. The number of hydrogen-bond acceptors (Lipinski definition) is 3. The van der Waals surface area contributed by atoms with Crippen molar-refractivity contribution in [3.8, 4) is 11.3 Å². The van der Waals surface area contributed by atoms with E-state index in [-0.39, 0.29) is 0 Å². The minimum absolute atomic E-state index is 0.401. The maximum absolute atomic E-state index is 4.42. The fourth-order valence-electron chi connectivity index (χ4n) is 2.74. The number of nitrogens with one attached hydrogen (secondary N) is 1. The predicted molar refractivity (Wildman–Crippen MR) is 87.0 cm³/mol. The summed E-state index contributed by atoms with van der Waals surface area (Å²) in [5.41, 5.74) is 3.93. The van der Waals surface area contributed by atoms with E-state index in [0.29, 0.717) is 5.54 Å². The van der Waals surface area contributed by atoms with Crippen LogP contribution in [0.1, 0.15) is 18.4 Å². The van der Waals surface area contributed by atoms with Gasteiger partial charge in [0.15, 0.2) is 0 Å². The second-order valence-electron chi connectivity index (χ2n) is 6.14. The molecular weight excluding hydrogens is 258 g/mol. The number of hydrogen-bond donors (Lipinski definition) is 1. The number of nitrogens with zero attached hydrogens (tertiary/aromatic N) is 2. The molecule has 0 aliphatic heterocycles. The third-order valence-corrected chi connectivity index (χ3v) is 4.45. The van der Waals surface area contributed by atoms with Gasteiger partial charge in [0.1, 0.15) is 0 Å². The smallest absolute Gasteiger partial charge is 0.0702 e. The topological polar surface area (TPSA) is 28.2 Å². The van der Waals surface area contributed by atoms with Gasteiger partial charge in [0, 0.05) is 30.4 Å². The molecular formula is C18H23N3. The summed E-state index contributed by atoms with van der Waals surface area (Å²) in [6, 6.07) is 14.7. The molecule has 21 heavy (non-hydrogen) atoms. The van der Waals surface area contributed by atoms with Gasteiger partial charge in [-0.2, -0.15) is 0 Å². The van der Waals surface area contributed by atoms with Crippen molar-refractivity contribution in [3.05, 3.63) is 54.2 Å². The molecule has 3 nitrogen and oxygen atoms in total. The van der Waals surface area contributed by atoms with Crippen molar-refractivity contribution in [1.29, 1.82) is 0 Å². The summed E-state index contributed by atoms with van der Waals surface area (Å²) in [6.45, 7) is 1.98. The van der Waals surface area contributed by atoms with Crippen LogP contribution >= 0.6 is 0 Å². The maximum atomic E-state index is 4.42. The lowest BCUT2D eigenvalue weighted by Gasteiger charge is -2.24. The number of aromatic nitrogens is 1.